The van der Waals surface area contributed by atoms with E-state index in [1.54, 1.807) is 54.5 Å². The first kappa shape index (κ1) is 24.5. The lowest BCUT2D eigenvalue weighted by molar-refractivity contribution is -0.187. The molecule has 0 unspecified atom stereocenters. The number of aryl methyl sites for hydroxylation is 2. The monoisotopic (exact) mass is 488 g/mol. The Morgan fingerprint density at radius 3 is 2.26 bits per heavy atom. The van der Waals surface area contributed by atoms with E-state index in [0.29, 0.717) is 50.6 Å². The van der Waals surface area contributed by atoms with Crippen LogP contribution in [-0.2, 0) is 24.3 Å². The number of anilines is 1. The van der Waals surface area contributed by atoms with Crippen molar-refractivity contribution in [3.63, 3.8) is 0 Å². The molecule has 0 atom stereocenters. The van der Waals surface area contributed by atoms with E-state index in [4.69, 9.17) is 14.2 Å². The first-order valence-corrected chi connectivity index (χ1v) is 13.0. The van der Waals surface area contributed by atoms with E-state index >= 15 is 0 Å². The van der Waals surface area contributed by atoms with Crippen LogP contribution in [0.5, 0.6) is 5.75 Å². The third kappa shape index (κ3) is 5.06. The summed E-state index contributed by atoms with van der Waals surface area (Å²) in [5.41, 5.74) is 2.39. The molecule has 1 spiro atoms. The maximum Gasteiger partial charge on any atom is 0.264 e. The van der Waals surface area contributed by atoms with Crippen LogP contribution in [0.4, 0.5) is 5.69 Å². The number of rotatable bonds is 7. The van der Waals surface area contributed by atoms with Gasteiger partial charge in [-0.15, -0.1) is 0 Å². The summed E-state index contributed by atoms with van der Waals surface area (Å²) in [6.07, 6.45) is 1.33. The summed E-state index contributed by atoms with van der Waals surface area (Å²) < 4.78 is 45.3. The fourth-order valence-corrected chi connectivity index (χ4v) is 5.93. The van der Waals surface area contributed by atoms with Gasteiger partial charge in [0.25, 0.3) is 10.0 Å². The van der Waals surface area contributed by atoms with Crippen LogP contribution < -0.4 is 9.04 Å². The molecule has 1 amide bonds. The minimum absolute atomic E-state index is 0.0368. The van der Waals surface area contributed by atoms with Crippen molar-refractivity contribution in [2.45, 2.75) is 43.8 Å². The van der Waals surface area contributed by atoms with Gasteiger partial charge in [-0.1, -0.05) is 6.07 Å². The Labute approximate surface area is 201 Å². The molecule has 0 radical (unpaired) electrons. The van der Waals surface area contributed by atoms with E-state index in [1.807, 2.05) is 13.8 Å². The molecular weight excluding hydrogens is 456 g/mol. The first-order valence-electron chi connectivity index (χ1n) is 11.5. The quantitative estimate of drug-likeness (QED) is 0.595. The molecular formula is C25H32N2O6S. The van der Waals surface area contributed by atoms with Crippen molar-refractivity contribution in [3.05, 3.63) is 53.6 Å². The summed E-state index contributed by atoms with van der Waals surface area (Å²) in [5.74, 6) is -0.0120. The Morgan fingerprint density at radius 1 is 1.03 bits per heavy atom. The molecule has 2 aromatic carbocycles. The summed E-state index contributed by atoms with van der Waals surface area (Å²) in [7, 11) is -2.32. The third-order valence-corrected chi connectivity index (χ3v) is 8.47. The normalized spacial score (nSPS) is 17.7. The zero-order valence-electron chi connectivity index (χ0n) is 20.0. The predicted octanol–water partition coefficient (Wildman–Crippen LogP) is 3.26. The zero-order valence-corrected chi connectivity index (χ0v) is 20.8. The highest BCUT2D eigenvalue weighted by Crippen LogP contribution is 2.32. The van der Waals surface area contributed by atoms with Crippen LogP contribution >= 0.6 is 0 Å². The van der Waals surface area contributed by atoms with Crippen molar-refractivity contribution in [3.8, 4) is 5.75 Å². The Bertz CT molecular complexity index is 1120. The molecule has 34 heavy (non-hydrogen) atoms. The maximum atomic E-state index is 13.6. The molecule has 0 aliphatic carbocycles. The largest absolute Gasteiger partial charge is 0.497 e. The van der Waals surface area contributed by atoms with Crippen molar-refractivity contribution in [2.75, 3.05) is 44.3 Å². The van der Waals surface area contributed by atoms with Gasteiger partial charge in [0.1, 0.15) is 5.75 Å². The number of carbonyl (C=O) groups excluding carboxylic acids is 1. The van der Waals surface area contributed by atoms with Gasteiger partial charge >= 0.3 is 0 Å². The SMILES string of the molecule is COc1ccc(N(CCC(=O)N2CCC3(CC2)OCCO3)S(=O)(=O)c2ccc(C)c(C)c2)cc1. The number of benzene rings is 2. The van der Waals surface area contributed by atoms with Gasteiger partial charge in [0.15, 0.2) is 5.79 Å². The molecule has 2 heterocycles. The summed E-state index contributed by atoms with van der Waals surface area (Å²) in [6, 6.07) is 11.9. The van der Waals surface area contributed by atoms with Crippen LogP contribution in [-0.4, -0.2) is 65.0 Å². The number of nitrogens with zero attached hydrogens (tertiary/aromatic N) is 2. The number of hydrogen-bond donors (Lipinski definition) is 0. The first-order chi connectivity index (χ1) is 16.2. The van der Waals surface area contributed by atoms with Gasteiger partial charge in [0, 0.05) is 38.9 Å². The van der Waals surface area contributed by atoms with Crippen molar-refractivity contribution in [2.24, 2.45) is 0 Å². The molecule has 2 aliphatic rings. The second kappa shape index (κ2) is 9.93. The molecule has 0 bridgehead atoms. The minimum Gasteiger partial charge on any atom is -0.497 e. The zero-order chi connectivity index (χ0) is 24.3. The number of amides is 1. The average molecular weight is 489 g/mol. The van der Waals surface area contributed by atoms with Crippen molar-refractivity contribution in [1.29, 1.82) is 0 Å². The van der Waals surface area contributed by atoms with Gasteiger partial charge in [0.2, 0.25) is 5.91 Å². The summed E-state index contributed by atoms with van der Waals surface area (Å²) in [5, 5.41) is 0. The molecule has 9 heteroatoms. The van der Waals surface area contributed by atoms with Gasteiger partial charge in [-0.2, -0.15) is 0 Å². The Kier molecular flexibility index (Phi) is 7.16. The standard InChI is InChI=1S/C25H32N2O6S/c1-19-4-9-23(18-20(19)2)34(29,30)27(21-5-7-22(31-3)8-6-21)13-10-24(28)26-14-11-25(12-15-26)32-16-17-33-25/h4-9,18H,10-17H2,1-3H3. The Balaban J connectivity index is 1.52. The van der Waals surface area contributed by atoms with Gasteiger partial charge < -0.3 is 19.1 Å². The number of sulfonamides is 1. The van der Waals surface area contributed by atoms with Crippen molar-refractivity contribution in [1.82, 2.24) is 4.90 Å². The molecule has 2 aromatic rings. The third-order valence-electron chi connectivity index (χ3n) is 6.65. The fourth-order valence-electron chi connectivity index (χ4n) is 4.38. The second-order valence-electron chi connectivity index (χ2n) is 8.76. The Hall–Kier alpha value is -2.62. The van der Waals surface area contributed by atoms with Gasteiger partial charge in [-0.3, -0.25) is 9.10 Å². The summed E-state index contributed by atoms with van der Waals surface area (Å²) in [6.45, 7) is 6.10. The molecule has 8 nitrogen and oxygen atoms in total. The van der Waals surface area contributed by atoms with Crippen LogP contribution in [0, 0.1) is 13.8 Å². The topological polar surface area (TPSA) is 85.4 Å². The summed E-state index contributed by atoms with van der Waals surface area (Å²) in [4.78, 5) is 15.0. The molecule has 4 rings (SSSR count). The van der Waals surface area contributed by atoms with E-state index in [9.17, 15) is 13.2 Å². The number of likely N-dealkylation sites (tertiary alicyclic amines) is 1. The number of piperidine rings is 1. The fraction of sp³-hybridized carbons (Fsp3) is 0.480. The van der Waals surface area contributed by atoms with Crippen LogP contribution in [0.15, 0.2) is 47.4 Å². The van der Waals surface area contributed by atoms with E-state index in [1.165, 1.54) is 4.31 Å². The summed E-state index contributed by atoms with van der Waals surface area (Å²) >= 11 is 0. The number of carbonyl (C=O) groups is 1. The van der Waals surface area contributed by atoms with E-state index < -0.39 is 15.8 Å². The molecule has 0 N–H and O–H groups in total. The highest BCUT2D eigenvalue weighted by atomic mass is 32.2. The predicted molar refractivity (Wildman–Crippen MR) is 129 cm³/mol. The molecule has 184 valence electrons. The molecule has 2 saturated heterocycles. The molecule has 0 aromatic heterocycles. The number of methoxy groups -OCH3 is 1. The van der Waals surface area contributed by atoms with E-state index in [-0.39, 0.29) is 23.8 Å². The van der Waals surface area contributed by atoms with Crippen LogP contribution in [0.25, 0.3) is 0 Å². The average Bonchev–Trinajstić information content (AvgIpc) is 3.29. The van der Waals surface area contributed by atoms with Crippen LogP contribution in [0.3, 0.4) is 0 Å². The van der Waals surface area contributed by atoms with Crippen LogP contribution in [0.1, 0.15) is 30.4 Å². The van der Waals surface area contributed by atoms with E-state index in [0.717, 1.165) is 11.1 Å². The van der Waals surface area contributed by atoms with Gasteiger partial charge in [0.05, 0.1) is 30.9 Å². The lowest BCUT2D eigenvalue weighted by Crippen LogP contribution is -2.48. The van der Waals surface area contributed by atoms with Crippen molar-refractivity contribution >= 4 is 21.6 Å². The van der Waals surface area contributed by atoms with Crippen molar-refractivity contribution < 1.29 is 27.4 Å². The lowest BCUT2D eigenvalue weighted by Gasteiger charge is -2.37. The minimum atomic E-state index is -3.88. The molecule has 2 aliphatic heterocycles. The second-order valence-corrected chi connectivity index (χ2v) is 10.6. The van der Waals surface area contributed by atoms with Gasteiger partial charge in [-0.05, 0) is 61.4 Å². The van der Waals surface area contributed by atoms with E-state index in [2.05, 4.69) is 0 Å². The highest BCUT2D eigenvalue weighted by Gasteiger charge is 2.40. The van der Waals surface area contributed by atoms with Crippen LogP contribution in [0.2, 0.25) is 0 Å². The smallest absolute Gasteiger partial charge is 0.264 e. The number of ether oxygens (including phenoxy) is 3. The van der Waals surface area contributed by atoms with Gasteiger partial charge in [-0.25, -0.2) is 8.42 Å². The number of hydrogen-bond acceptors (Lipinski definition) is 6. The molecule has 2 fully saturated rings. The Morgan fingerprint density at radius 2 is 1.68 bits per heavy atom. The highest BCUT2D eigenvalue weighted by molar-refractivity contribution is 7.92. The molecule has 0 saturated carbocycles. The lowest BCUT2D eigenvalue weighted by atomic mass is 10.0. The maximum absolute atomic E-state index is 13.6.